The summed E-state index contributed by atoms with van der Waals surface area (Å²) >= 11 is 1.94. The van der Waals surface area contributed by atoms with Crippen LogP contribution in [0.15, 0.2) is 43.0 Å². The summed E-state index contributed by atoms with van der Waals surface area (Å²) in [7, 11) is 0. The Hall–Kier alpha value is -2.02. The summed E-state index contributed by atoms with van der Waals surface area (Å²) in [5.74, 6) is 1.18. The molecule has 1 aromatic heterocycles. The predicted molar refractivity (Wildman–Crippen MR) is 95.8 cm³/mol. The lowest BCUT2D eigenvalue weighted by Gasteiger charge is -2.25. The molecular weight excluding hydrogens is 322 g/mol. The van der Waals surface area contributed by atoms with Crippen molar-refractivity contribution in [3.05, 3.63) is 48.5 Å². The zero-order chi connectivity index (χ0) is 16.8. The monoisotopic (exact) mass is 345 g/mol. The second kappa shape index (κ2) is 7.70. The zero-order valence-electron chi connectivity index (χ0n) is 13.8. The van der Waals surface area contributed by atoms with Crippen molar-refractivity contribution in [2.24, 2.45) is 0 Å². The van der Waals surface area contributed by atoms with Crippen LogP contribution in [0.4, 0.5) is 4.79 Å². The van der Waals surface area contributed by atoms with E-state index in [-0.39, 0.29) is 16.8 Å². The predicted octanol–water partition coefficient (Wildman–Crippen LogP) is 2.60. The molecule has 3 rings (SSSR count). The van der Waals surface area contributed by atoms with Crippen LogP contribution in [0.1, 0.15) is 31.4 Å². The standard InChI is InChI=1S/C17H23N5OS/c1-17(8-5-9-24-17)11-19-16(23)21-15(10-22-13-18-12-20-22)14-6-3-2-4-7-14/h2-4,6-7,12-13,15H,5,8-11H2,1H3,(H2,19,21,23)/t15-,17-/m0/s1. The Morgan fingerprint density at radius 2 is 2.25 bits per heavy atom. The van der Waals surface area contributed by atoms with E-state index in [1.54, 1.807) is 11.0 Å². The first-order valence-corrected chi connectivity index (χ1v) is 9.19. The van der Waals surface area contributed by atoms with Gasteiger partial charge in [-0.25, -0.2) is 9.78 Å². The van der Waals surface area contributed by atoms with Gasteiger partial charge in [0.1, 0.15) is 12.7 Å². The minimum absolute atomic E-state index is 0.141. The highest BCUT2D eigenvalue weighted by Gasteiger charge is 2.30. The van der Waals surface area contributed by atoms with Crippen molar-refractivity contribution in [1.29, 1.82) is 0 Å². The molecule has 1 fully saturated rings. The van der Waals surface area contributed by atoms with Crippen LogP contribution in [0.5, 0.6) is 0 Å². The molecule has 2 atom stereocenters. The third-order valence-corrected chi connectivity index (χ3v) is 5.81. The molecule has 0 radical (unpaired) electrons. The smallest absolute Gasteiger partial charge is 0.315 e. The van der Waals surface area contributed by atoms with Crippen LogP contribution < -0.4 is 10.6 Å². The van der Waals surface area contributed by atoms with Gasteiger partial charge < -0.3 is 10.6 Å². The van der Waals surface area contributed by atoms with Crippen molar-refractivity contribution >= 4 is 17.8 Å². The molecule has 0 bridgehead atoms. The van der Waals surface area contributed by atoms with E-state index in [1.165, 1.54) is 18.5 Å². The number of carbonyl (C=O) groups is 1. The number of carbonyl (C=O) groups excluding carboxylic acids is 1. The molecule has 1 saturated heterocycles. The average Bonchev–Trinajstić information content (AvgIpc) is 3.26. The van der Waals surface area contributed by atoms with Crippen LogP contribution in [0.2, 0.25) is 0 Å². The molecular formula is C17H23N5OS. The number of benzene rings is 1. The maximum absolute atomic E-state index is 12.4. The fourth-order valence-corrected chi connectivity index (χ4v) is 4.13. The number of urea groups is 1. The number of hydrogen-bond donors (Lipinski definition) is 2. The van der Waals surface area contributed by atoms with Gasteiger partial charge in [-0.05, 0) is 31.1 Å². The van der Waals surface area contributed by atoms with Crippen LogP contribution in [0, 0.1) is 0 Å². The molecule has 1 aliphatic rings. The number of thioether (sulfide) groups is 1. The van der Waals surface area contributed by atoms with Gasteiger partial charge in [0.25, 0.3) is 0 Å². The normalized spacial score (nSPS) is 21.4. The molecule has 2 aromatic rings. The van der Waals surface area contributed by atoms with Gasteiger partial charge in [-0.2, -0.15) is 16.9 Å². The summed E-state index contributed by atoms with van der Waals surface area (Å²) in [6, 6.07) is 9.63. The number of hydrogen-bond acceptors (Lipinski definition) is 4. The molecule has 7 heteroatoms. The Balaban J connectivity index is 1.61. The van der Waals surface area contributed by atoms with Crippen LogP contribution in [-0.2, 0) is 6.54 Å². The Morgan fingerprint density at radius 3 is 2.92 bits per heavy atom. The van der Waals surface area contributed by atoms with Gasteiger partial charge in [0.05, 0.1) is 12.6 Å². The Bertz CT molecular complexity index is 640. The number of nitrogens with one attached hydrogen (secondary N) is 2. The summed E-state index contributed by atoms with van der Waals surface area (Å²) in [4.78, 5) is 16.3. The first kappa shape index (κ1) is 16.8. The molecule has 1 aliphatic heterocycles. The number of rotatable bonds is 6. The molecule has 24 heavy (non-hydrogen) atoms. The first-order chi connectivity index (χ1) is 11.6. The number of nitrogens with zero attached hydrogens (tertiary/aromatic N) is 3. The summed E-state index contributed by atoms with van der Waals surface area (Å²) in [6.45, 7) is 3.45. The highest BCUT2D eigenvalue weighted by Crippen LogP contribution is 2.36. The molecule has 2 N–H and O–H groups in total. The summed E-state index contributed by atoms with van der Waals surface area (Å²) in [5.41, 5.74) is 1.05. The maximum Gasteiger partial charge on any atom is 0.315 e. The quantitative estimate of drug-likeness (QED) is 0.844. The van der Waals surface area contributed by atoms with Gasteiger partial charge in [-0.1, -0.05) is 30.3 Å². The van der Waals surface area contributed by atoms with Crippen LogP contribution in [-0.4, -0.2) is 37.8 Å². The molecule has 2 amide bonds. The highest BCUT2D eigenvalue weighted by atomic mass is 32.2. The highest BCUT2D eigenvalue weighted by molar-refractivity contribution is 8.00. The summed E-state index contributed by atoms with van der Waals surface area (Å²) < 4.78 is 1.89. The van der Waals surface area contributed by atoms with Crippen LogP contribution in [0.3, 0.4) is 0 Å². The molecule has 128 valence electrons. The van der Waals surface area contributed by atoms with Crippen LogP contribution in [0.25, 0.3) is 0 Å². The van der Waals surface area contributed by atoms with Crippen molar-refractivity contribution in [3.8, 4) is 0 Å². The van der Waals surface area contributed by atoms with E-state index in [1.807, 2.05) is 42.1 Å². The van der Waals surface area contributed by atoms with E-state index in [2.05, 4.69) is 27.6 Å². The minimum atomic E-state index is -0.156. The SMILES string of the molecule is C[C@@]1(CNC(=O)N[C@@H](Cn2cncn2)c2ccccc2)CCCS1. The van der Waals surface area contributed by atoms with E-state index in [4.69, 9.17) is 0 Å². The molecule has 0 aliphatic carbocycles. The van der Waals surface area contributed by atoms with Gasteiger partial charge in [-0.3, -0.25) is 4.68 Å². The molecule has 2 heterocycles. The lowest BCUT2D eigenvalue weighted by atomic mass is 10.1. The van der Waals surface area contributed by atoms with Gasteiger partial charge in [0, 0.05) is 11.3 Å². The zero-order valence-corrected chi connectivity index (χ0v) is 14.6. The third kappa shape index (κ3) is 4.50. The minimum Gasteiger partial charge on any atom is -0.337 e. The molecule has 0 unspecified atom stereocenters. The topological polar surface area (TPSA) is 71.8 Å². The lowest BCUT2D eigenvalue weighted by molar-refractivity contribution is 0.234. The first-order valence-electron chi connectivity index (χ1n) is 8.20. The van der Waals surface area contributed by atoms with E-state index >= 15 is 0 Å². The number of amides is 2. The van der Waals surface area contributed by atoms with Gasteiger partial charge in [0.2, 0.25) is 0 Å². The Morgan fingerprint density at radius 1 is 1.42 bits per heavy atom. The lowest BCUT2D eigenvalue weighted by Crippen LogP contribution is -2.44. The summed E-state index contributed by atoms with van der Waals surface area (Å²) in [6.07, 6.45) is 5.54. The fraction of sp³-hybridized carbons (Fsp3) is 0.471. The third-order valence-electron chi connectivity index (χ3n) is 4.27. The molecule has 0 saturated carbocycles. The van der Waals surface area contributed by atoms with Gasteiger partial charge >= 0.3 is 6.03 Å². The largest absolute Gasteiger partial charge is 0.337 e. The maximum atomic E-state index is 12.4. The van der Waals surface area contributed by atoms with Crippen molar-refractivity contribution < 1.29 is 4.79 Å². The molecule has 0 spiro atoms. The Labute approximate surface area is 146 Å². The second-order valence-corrected chi connectivity index (χ2v) is 7.99. The second-order valence-electron chi connectivity index (χ2n) is 6.31. The van der Waals surface area contributed by atoms with E-state index in [9.17, 15) is 4.79 Å². The van der Waals surface area contributed by atoms with Crippen molar-refractivity contribution in [1.82, 2.24) is 25.4 Å². The Kier molecular flexibility index (Phi) is 5.40. The average molecular weight is 345 g/mol. The van der Waals surface area contributed by atoms with E-state index in [0.29, 0.717) is 13.1 Å². The number of aromatic nitrogens is 3. The summed E-state index contributed by atoms with van der Waals surface area (Å²) in [5, 5.41) is 10.2. The van der Waals surface area contributed by atoms with Crippen LogP contribution >= 0.6 is 11.8 Å². The van der Waals surface area contributed by atoms with Crippen molar-refractivity contribution in [2.75, 3.05) is 12.3 Å². The van der Waals surface area contributed by atoms with Crippen molar-refractivity contribution in [3.63, 3.8) is 0 Å². The van der Waals surface area contributed by atoms with Gasteiger partial charge in [0.15, 0.2) is 0 Å². The molecule has 1 aromatic carbocycles. The van der Waals surface area contributed by atoms with Crippen molar-refractivity contribution in [2.45, 2.75) is 37.1 Å². The fourth-order valence-electron chi connectivity index (χ4n) is 2.89. The van der Waals surface area contributed by atoms with E-state index < -0.39 is 0 Å². The van der Waals surface area contributed by atoms with E-state index in [0.717, 1.165) is 12.0 Å². The van der Waals surface area contributed by atoms with Gasteiger partial charge in [-0.15, -0.1) is 0 Å². The molecule has 6 nitrogen and oxygen atoms in total.